The molecule has 10 heteroatoms. The summed E-state index contributed by atoms with van der Waals surface area (Å²) in [5.41, 5.74) is 5.34. The molecule has 0 heterocycles. The van der Waals surface area contributed by atoms with Gasteiger partial charge in [-0.15, -0.1) is 0 Å². The van der Waals surface area contributed by atoms with Crippen molar-refractivity contribution in [2.24, 2.45) is 5.73 Å². The van der Waals surface area contributed by atoms with Crippen molar-refractivity contribution < 1.29 is 37.6 Å². The summed E-state index contributed by atoms with van der Waals surface area (Å²) in [5, 5.41) is 0. The number of rotatable bonds is 39. The Kier molecular flexibility index (Phi) is 38.7. The first-order valence-corrected chi connectivity index (χ1v) is 22.8. The van der Waals surface area contributed by atoms with Crippen LogP contribution in [0.1, 0.15) is 174 Å². The molecule has 0 bridgehead atoms. The normalized spacial score (nSPS) is 13.9. The van der Waals surface area contributed by atoms with Crippen LogP contribution in [0.5, 0.6) is 0 Å². The van der Waals surface area contributed by atoms with Gasteiger partial charge in [0.2, 0.25) is 0 Å². The SMILES string of the molecule is CC/C=C/C=C/C=C/CCCCCCCC(=O)OC(COC(=O)CCCCCCCCCCCC/C=C/C=C/CCCCCC)COP(=O)(O)OCCN. The van der Waals surface area contributed by atoms with Crippen LogP contribution in [0.4, 0.5) is 0 Å². The molecule has 0 aromatic carbocycles. The van der Waals surface area contributed by atoms with Crippen molar-refractivity contribution in [2.45, 2.75) is 180 Å². The minimum absolute atomic E-state index is 0.0467. The average Bonchev–Trinajstić information content (AvgIpc) is 3.16. The first-order chi connectivity index (χ1) is 26.3. The highest BCUT2D eigenvalue weighted by Crippen LogP contribution is 2.43. The molecule has 0 rings (SSSR count). The number of phosphoric ester groups is 1. The summed E-state index contributed by atoms with van der Waals surface area (Å²) >= 11 is 0. The number of esters is 2. The number of carbonyl (C=O) groups excluding carboxylic acids is 2. The zero-order valence-electron chi connectivity index (χ0n) is 34.2. The highest BCUT2D eigenvalue weighted by Gasteiger charge is 2.26. The topological polar surface area (TPSA) is 134 Å². The Bertz CT molecular complexity index is 1070. The van der Waals surface area contributed by atoms with Gasteiger partial charge in [-0.3, -0.25) is 18.6 Å². The molecule has 3 N–H and O–H groups in total. The quantitative estimate of drug-likeness (QED) is 0.0270. The van der Waals surface area contributed by atoms with E-state index in [9.17, 15) is 19.0 Å². The van der Waals surface area contributed by atoms with E-state index in [1.54, 1.807) is 0 Å². The molecule has 0 radical (unpaired) electrons. The maximum atomic E-state index is 12.5. The Labute approximate surface area is 329 Å². The number of ether oxygens (including phenoxy) is 2. The third kappa shape index (κ3) is 39.4. The Hall–Kier alpha value is -2.29. The summed E-state index contributed by atoms with van der Waals surface area (Å²) in [4.78, 5) is 34.8. The third-order valence-electron chi connectivity index (χ3n) is 8.73. The van der Waals surface area contributed by atoms with E-state index in [1.807, 2.05) is 18.2 Å². The summed E-state index contributed by atoms with van der Waals surface area (Å²) < 4.78 is 32.7. The van der Waals surface area contributed by atoms with Gasteiger partial charge in [0, 0.05) is 19.4 Å². The van der Waals surface area contributed by atoms with Gasteiger partial charge in [-0.2, -0.15) is 0 Å². The van der Waals surface area contributed by atoms with E-state index < -0.39 is 32.5 Å². The Morgan fingerprint density at radius 3 is 1.52 bits per heavy atom. The van der Waals surface area contributed by atoms with Crippen LogP contribution in [-0.4, -0.2) is 49.3 Å². The number of phosphoric acid groups is 1. The maximum Gasteiger partial charge on any atom is 0.472 e. The van der Waals surface area contributed by atoms with E-state index in [4.69, 9.17) is 24.3 Å². The molecule has 2 atom stereocenters. The van der Waals surface area contributed by atoms with Gasteiger partial charge < -0.3 is 20.1 Å². The second kappa shape index (κ2) is 40.4. The van der Waals surface area contributed by atoms with Gasteiger partial charge in [-0.1, -0.05) is 164 Å². The molecule has 0 saturated carbocycles. The predicted molar refractivity (Wildman–Crippen MR) is 224 cm³/mol. The van der Waals surface area contributed by atoms with Crippen molar-refractivity contribution in [3.8, 4) is 0 Å². The molecular formula is C44H78NO8P. The Morgan fingerprint density at radius 1 is 0.574 bits per heavy atom. The molecule has 312 valence electrons. The lowest BCUT2D eigenvalue weighted by atomic mass is 10.1. The number of nitrogens with two attached hydrogens (primary N) is 1. The van der Waals surface area contributed by atoms with E-state index in [2.05, 4.69) is 56.4 Å². The van der Waals surface area contributed by atoms with Crippen LogP contribution in [0.2, 0.25) is 0 Å². The van der Waals surface area contributed by atoms with Gasteiger partial charge in [-0.05, 0) is 57.8 Å². The lowest BCUT2D eigenvalue weighted by Crippen LogP contribution is -2.29. The van der Waals surface area contributed by atoms with Crippen molar-refractivity contribution >= 4 is 19.8 Å². The molecule has 0 aliphatic rings. The third-order valence-corrected chi connectivity index (χ3v) is 9.71. The van der Waals surface area contributed by atoms with Crippen LogP contribution >= 0.6 is 7.82 Å². The van der Waals surface area contributed by atoms with Crippen molar-refractivity contribution in [2.75, 3.05) is 26.4 Å². The number of allylic oxidation sites excluding steroid dienone is 10. The smallest absolute Gasteiger partial charge is 0.462 e. The fourth-order valence-electron chi connectivity index (χ4n) is 5.57. The van der Waals surface area contributed by atoms with Gasteiger partial charge in [0.25, 0.3) is 0 Å². The highest BCUT2D eigenvalue weighted by molar-refractivity contribution is 7.47. The number of hydrogen-bond donors (Lipinski definition) is 2. The second-order valence-electron chi connectivity index (χ2n) is 13.9. The molecule has 0 spiro atoms. The molecule has 0 aliphatic heterocycles. The number of unbranched alkanes of at least 4 members (excludes halogenated alkanes) is 19. The van der Waals surface area contributed by atoms with Crippen molar-refractivity contribution in [3.63, 3.8) is 0 Å². The number of carbonyl (C=O) groups is 2. The Morgan fingerprint density at radius 2 is 1.02 bits per heavy atom. The maximum absolute atomic E-state index is 12.5. The highest BCUT2D eigenvalue weighted by atomic mass is 31.2. The standard InChI is InChI=1S/C44H78NO8P/c1-3-5-7-9-11-13-15-17-18-19-20-21-22-23-25-26-28-30-32-34-36-43(46)50-40-42(41-52-54(48,49)51-39-38-45)53-44(47)37-35-33-31-29-27-24-16-14-12-10-8-6-4-2/h6,8,10,12-18,42H,3-5,7,9,11,19-41,45H2,1-2H3,(H,48,49)/b8-6+,12-10+,15-13+,16-14+,18-17+. The molecule has 0 aromatic heterocycles. The summed E-state index contributed by atoms with van der Waals surface area (Å²) in [6.07, 6.45) is 46.8. The summed E-state index contributed by atoms with van der Waals surface area (Å²) in [6, 6.07) is 0. The van der Waals surface area contributed by atoms with Crippen LogP contribution in [0.25, 0.3) is 0 Å². The zero-order chi connectivity index (χ0) is 39.6. The van der Waals surface area contributed by atoms with E-state index in [0.29, 0.717) is 6.42 Å². The summed E-state index contributed by atoms with van der Waals surface area (Å²) in [6.45, 7) is 3.54. The van der Waals surface area contributed by atoms with Crippen LogP contribution < -0.4 is 5.73 Å². The molecular weight excluding hydrogens is 701 g/mol. The molecule has 0 fully saturated rings. The molecule has 0 aromatic rings. The largest absolute Gasteiger partial charge is 0.472 e. The van der Waals surface area contributed by atoms with E-state index in [-0.39, 0.29) is 32.6 Å². The minimum Gasteiger partial charge on any atom is -0.462 e. The van der Waals surface area contributed by atoms with Crippen molar-refractivity contribution in [3.05, 3.63) is 60.8 Å². The molecule has 0 saturated heterocycles. The van der Waals surface area contributed by atoms with Gasteiger partial charge in [0.1, 0.15) is 6.61 Å². The average molecular weight is 780 g/mol. The van der Waals surface area contributed by atoms with Gasteiger partial charge in [-0.25, -0.2) is 4.57 Å². The predicted octanol–water partition coefficient (Wildman–Crippen LogP) is 12.1. The van der Waals surface area contributed by atoms with Crippen molar-refractivity contribution in [1.82, 2.24) is 0 Å². The van der Waals surface area contributed by atoms with Gasteiger partial charge >= 0.3 is 19.8 Å². The first kappa shape index (κ1) is 51.7. The first-order valence-electron chi connectivity index (χ1n) is 21.3. The van der Waals surface area contributed by atoms with E-state index in [0.717, 1.165) is 70.6 Å². The monoisotopic (exact) mass is 780 g/mol. The van der Waals surface area contributed by atoms with Crippen LogP contribution in [0.3, 0.4) is 0 Å². The minimum atomic E-state index is -4.38. The van der Waals surface area contributed by atoms with E-state index in [1.165, 1.54) is 70.6 Å². The van der Waals surface area contributed by atoms with E-state index >= 15 is 0 Å². The fourth-order valence-corrected chi connectivity index (χ4v) is 6.33. The summed E-state index contributed by atoms with van der Waals surface area (Å²) in [7, 11) is -4.38. The fraction of sp³-hybridized carbons (Fsp3) is 0.727. The van der Waals surface area contributed by atoms with Gasteiger partial charge in [0.15, 0.2) is 6.10 Å². The van der Waals surface area contributed by atoms with Crippen molar-refractivity contribution in [1.29, 1.82) is 0 Å². The van der Waals surface area contributed by atoms with Crippen LogP contribution in [0.15, 0.2) is 60.8 Å². The molecule has 54 heavy (non-hydrogen) atoms. The summed E-state index contributed by atoms with van der Waals surface area (Å²) in [5.74, 6) is -0.860. The molecule has 0 amide bonds. The van der Waals surface area contributed by atoms with Crippen LogP contribution in [0, 0.1) is 0 Å². The lowest BCUT2D eigenvalue weighted by molar-refractivity contribution is -0.161. The molecule has 9 nitrogen and oxygen atoms in total. The second-order valence-corrected chi connectivity index (χ2v) is 15.4. The number of hydrogen-bond acceptors (Lipinski definition) is 8. The lowest BCUT2D eigenvalue weighted by Gasteiger charge is -2.19. The molecule has 2 unspecified atom stereocenters. The van der Waals surface area contributed by atoms with Crippen LogP contribution in [-0.2, 0) is 32.7 Å². The van der Waals surface area contributed by atoms with Gasteiger partial charge in [0.05, 0.1) is 13.2 Å². The molecule has 0 aliphatic carbocycles. The Balaban J connectivity index is 4.15. The zero-order valence-corrected chi connectivity index (χ0v) is 35.1.